The number of halogens is 3. The van der Waals surface area contributed by atoms with Gasteiger partial charge in [0.1, 0.15) is 0 Å². The van der Waals surface area contributed by atoms with Crippen molar-refractivity contribution >= 4 is 23.4 Å². The molecule has 194 valence electrons. The van der Waals surface area contributed by atoms with Gasteiger partial charge in [0.15, 0.2) is 0 Å². The molecule has 1 atom stereocenters. The number of carbonyl (C=O) groups excluding carboxylic acids is 2. The normalized spacial score (nSPS) is 15.4. The van der Waals surface area contributed by atoms with Gasteiger partial charge in [-0.15, -0.1) is 0 Å². The summed E-state index contributed by atoms with van der Waals surface area (Å²) in [5, 5.41) is 0. The van der Waals surface area contributed by atoms with Crippen molar-refractivity contribution in [2.45, 2.75) is 46.3 Å². The van der Waals surface area contributed by atoms with Crippen LogP contribution >= 0.6 is 0 Å². The molecule has 0 saturated carbocycles. The number of fused-ring (bicyclic) bond motifs is 1. The molecule has 0 spiro atoms. The van der Waals surface area contributed by atoms with Gasteiger partial charge < -0.3 is 9.64 Å². The highest BCUT2D eigenvalue weighted by Crippen LogP contribution is 2.40. The molecular weight excluding hydrogens is 481 g/mol. The summed E-state index contributed by atoms with van der Waals surface area (Å²) in [5.74, 6) is -0.290. The molecular formula is C29H29F3N2O3. The SMILES string of the molecule is CCOC(=O)N1c2cc(C)c(C)cc2N(C(=O)c2ccccc2-c2ccc(C(F)(F)F)cc2)CC1CC. The summed E-state index contributed by atoms with van der Waals surface area (Å²) in [6.45, 7) is 8.07. The Morgan fingerprint density at radius 2 is 1.57 bits per heavy atom. The fourth-order valence-electron chi connectivity index (χ4n) is 4.63. The number of rotatable bonds is 4. The van der Waals surface area contributed by atoms with Crippen LogP contribution in [0.1, 0.15) is 47.3 Å². The van der Waals surface area contributed by atoms with Gasteiger partial charge >= 0.3 is 12.3 Å². The molecule has 0 bridgehead atoms. The Kier molecular flexibility index (Phi) is 7.30. The van der Waals surface area contributed by atoms with Crippen molar-refractivity contribution in [3.05, 3.63) is 82.9 Å². The Hall–Kier alpha value is -3.81. The summed E-state index contributed by atoms with van der Waals surface area (Å²) >= 11 is 0. The maximum Gasteiger partial charge on any atom is 0.416 e. The highest BCUT2D eigenvalue weighted by atomic mass is 19.4. The number of alkyl halides is 3. The van der Waals surface area contributed by atoms with Gasteiger partial charge in [0.05, 0.1) is 29.6 Å². The number of anilines is 2. The number of ether oxygens (including phenoxy) is 1. The van der Waals surface area contributed by atoms with Crippen LogP contribution in [0.2, 0.25) is 0 Å². The average molecular weight is 511 g/mol. The van der Waals surface area contributed by atoms with Crippen LogP contribution in [0.25, 0.3) is 11.1 Å². The predicted molar refractivity (Wildman–Crippen MR) is 138 cm³/mol. The summed E-state index contributed by atoms with van der Waals surface area (Å²) < 4.78 is 44.6. The van der Waals surface area contributed by atoms with Crippen LogP contribution in [-0.4, -0.2) is 31.2 Å². The lowest BCUT2D eigenvalue weighted by molar-refractivity contribution is -0.137. The molecule has 0 aromatic heterocycles. The Morgan fingerprint density at radius 1 is 0.946 bits per heavy atom. The minimum absolute atomic E-state index is 0.231. The Balaban J connectivity index is 1.80. The van der Waals surface area contributed by atoms with Gasteiger partial charge in [-0.25, -0.2) is 4.79 Å². The standard InChI is InChI=1S/C29H29F3N2O3/c1-5-22-17-33(25-15-18(3)19(4)16-26(25)34(22)28(36)37-6-2)27(35)24-10-8-7-9-23(24)20-11-13-21(14-12-20)29(30,31)32/h7-16,22H,5-6,17H2,1-4H3. The first-order valence-electron chi connectivity index (χ1n) is 12.2. The lowest BCUT2D eigenvalue weighted by Gasteiger charge is -2.42. The maximum absolute atomic E-state index is 14.1. The molecule has 1 aliphatic heterocycles. The van der Waals surface area contributed by atoms with Crippen LogP contribution in [0.3, 0.4) is 0 Å². The van der Waals surface area contributed by atoms with Crippen LogP contribution in [0.4, 0.5) is 29.3 Å². The first kappa shape index (κ1) is 26.3. The van der Waals surface area contributed by atoms with Crippen LogP contribution in [0, 0.1) is 13.8 Å². The molecule has 1 aliphatic rings. The van der Waals surface area contributed by atoms with E-state index in [9.17, 15) is 22.8 Å². The topological polar surface area (TPSA) is 49.9 Å². The van der Waals surface area contributed by atoms with Crippen molar-refractivity contribution in [2.75, 3.05) is 23.0 Å². The zero-order valence-corrected chi connectivity index (χ0v) is 21.2. The number of aryl methyl sites for hydroxylation is 2. The Bertz CT molecular complexity index is 1320. The molecule has 5 nitrogen and oxygen atoms in total. The third-order valence-electron chi connectivity index (χ3n) is 6.76. The summed E-state index contributed by atoms with van der Waals surface area (Å²) in [6, 6.07) is 15.1. The fourth-order valence-corrected chi connectivity index (χ4v) is 4.63. The van der Waals surface area contributed by atoms with Crippen molar-refractivity contribution in [2.24, 2.45) is 0 Å². The Labute approximate surface area is 214 Å². The van der Waals surface area contributed by atoms with E-state index in [4.69, 9.17) is 4.74 Å². The van der Waals surface area contributed by atoms with E-state index in [-0.39, 0.29) is 25.1 Å². The lowest BCUT2D eigenvalue weighted by Crippen LogP contribution is -2.53. The van der Waals surface area contributed by atoms with Crippen molar-refractivity contribution < 1.29 is 27.5 Å². The predicted octanol–water partition coefficient (Wildman–Crippen LogP) is 7.39. The summed E-state index contributed by atoms with van der Waals surface area (Å²) in [7, 11) is 0. The molecule has 3 aromatic carbocycles. The maximum atomic E-state index is 14.1. The number of hydrogen-bond acceptors (Lipinski definition) is 3. The molecule has 4 rings (SSSR count). The second kappa shape index (κ2) is 10.3. The first-order valence-corrected chi connectivity index (χ1v) is 12.2. The van der Waals surface area contributed by atoms with Crippen LogP contribution in [0.5, 0.6) is 0 Å². The van der Waals surface area contributed by atoms with E-state index in [2.05, 4.69) is 0 Å². The number of carbonyl (C=O) groups is 2. The smallest absolute Gasteiger partial charge is 0.416 e. The lowest BCUT2D eigenvalue weighted by atomic mass is 9.95. The quantitative estimate of drug-likeness (QED) is 0.368. The van der Waals surface area contributed by atoms with Gasteiger partial charge in [0.25, 0.3) is 5.91 Å². The number of amides is 2. The fraction of sp³-hybridized carbons (Fsp3) is 0.310. The molecule has 1 heterocycles. The third-order valence-corrected chi connectivity index (χ3v) is 6.76. The highest BCUT2D eigenvalue weighted by molar-refractivity contribution is 6.13. The zero-order valence-electron chi connectivity index (χ0n) is 21.2. The van der Waals surface area contributed by atoms with Crippen molar-refractivity contribution in [1.82, 2.24) is 0 Å². The van der Waals surface area contributed by atoms with Crippen molar-refractivity contribution in [3.8, 4) is 11.1 Å². The summed E-state index contributed by atoms with van der Waals surface area (Å²) in [4.78, 5) is 30.3. The van der Waals surface area contributed by atoms with Crippen molar-refractivity contribution in [3.63, 3.8) is 0 Å². The van der Waals surface area contributed by atoms with E-state index >= 15 is 0 Å². The van der Waals surface area contributed by atoms with Crippen molar-refractivity contribution in [1.29, 1.82) is 0 Å². The summed E-state index contributed by atoms with van der Waals surface area (Å²) in [5.41, 5.74) is 3.79. The van der Waals surface area contributed by atoms with Crippen LogP contribution in [-0.2, 0) is 10.9 Å². The Morgan fingerprint density at radius 3 is 2.16 bits per heavy atom. The van der Waals surface area contributed by atoms with Gasteiger partial charge in [0.2, 0.25) is 0 Å². The molecule has 0 radical (unpaired) electrons. The minimum Gasteiger partial charge on any atom is -0.449 e. The van der Waals surface area contributed by atoms with Gasteiger partial charge in [-0.2, -0.15) is 13.2 Å². The molecule has 0 saturated heterocycles. The molecule has 37 heavy (non-hydrogen) atoms. The van der Waals surface area contributed by atoms with E-state index in [1.807, 2.05) is 32.9 Å². The second-order valence-electron chi connectivity index (χ2n) is 9.09. The first-order chi connectivity index (χ1) is 17.6. The molecule has 3 aromatic rings. The number of benzene rings is 3. The molecule has 8 heteroatoms. The van der Waals surface area contributed by atoms with Crippen LogP contribution < -0.4 is 9.80 Å². The van der Waals surface area contributed by atoms with Gasteiger partial charge in [-0.05, 0) is 79.8 Å². The number of hydrogen-bond donors (Lipinski definition) is 0. The summed E-state index contributed by atoms with van der Waals surface area (Å²) in [6.07, 6.45) is -4.31. The largest absolute Gasteiger partial charge is 0.449 e. The van der Waals surface area contributed by atoms with Crippen LogP contribution in [0.15, 0.2) is 60.7 Å². The van der Waals surface area contributed by atoms with Gasteiger partial charge in [-0.1, -0.05) is 37.3 Å². The number of nitrogens with zero attached hydrogens (tertiary/aromatic N) is 2. The second-order valence-corrected chi connectivity index (χ2v) is 9.09. The molecule has 0 fully saturated rings. The highest BCUT2D eigenvalue weighted by Gasteiger charge is 2.38. The van der Waals surface area contributed by atoms with Gasteiger partial charge in [-0.3, -0.25) is 9.69 Å². The molecule has 0 aliphatic carbocycles. The van der Waals surface area contributed by atoms with E-state index in [0.717, 1.165) is 23.3 Å². The monoisotopic (exact) mass is 510 g/mol. The van der Waals surface area contributed by atoms with Gasteiger partial charge in [0, 0.05) is 12.1 Å². The van der Waals surface area contributed by atoms with E-state index in [1.54, 1.807) is 41.0 Å². The minimum atomic E-state index is -4.44. The van der Waals surface area contributed by atoms with E-state index < -0.39 is 17.8 Å². The average Bonchev–Trinajstić information content (AvgIpc) is 2.88. The molecule has 2 amide bonds. The molecule has 0 N–H and O–H groups in total. The third kappa shape index (κ3) is 5.05. The van der Waals surface area contributed by atoms with E-state index in [0.29, 0.717) is 34.5 Å². The molecule has 1 unspecified atom stereocenters. The van der Waals surface area contributed by atoms with E-state index in [1.165, 1.54) is 12.1 Å². The zero-order chi connectivity index (χ0) is 26.9.